The highest BCUT2D eigenvalue weighted by Crippen LogP contribution is 2.34. The molecule has 1 unspecified atom stereocenters. The molecule has 1 atom stereocenters. The van der Waals surface area contributed by atoms with Crippen molar-refractivity contribution < 1.29 is 19.0 Å². The van der Waals surface area contributed by atoms with Crippen LogP contribution in [-0.4, -0.2) is 32.4 Å². The highest BCUT2D eigenvalue weighted by atomic mass is 79.9. The molecule has 0 saturated heterocycles. The monoisotopic (exact) mass is 470 g/mol. The van der Waals surface area contributed by atoms with Crippen LogP contribution in [0, 0.1) is 0 Å². The van der Waals surface area contributed by atoms with Gasteiger partial charge in [0.1, 0.15) is 5.75 Å². The number of carbonyl (C=O) groups excluding carboxylic acids is 1. The van der Waals surface area contributed by atoms with Gasteiger partial charge < -0.3 is 14.2 Å². The van der Waals surface area contributed by atoms with Crippen molar-refractivity contribution in [2.45, 2.75) is 19.4 Å². The average Bonchev–Trinajstić information content (AvgIpc) is 2.78. The molecular formula is C23H23BrN2O4. The summed E-state index contributed by atoms with van der Waals surface area (Å²) in [6.45, 7) is 1.88. The molecule has 3 aromatic rings. The largest absolute Gasteiger partial charge is 0.493 e. The topological polar surface area (TPSA) is 69.2 Å². The fourth-order valence-electron chi connectivity index (χ4n) is 3.03. The van der Waals surface area contributed by atoms with Gasteiger partial charge in [-0.25, -0.2) is 5.43 Å². The number of fused-ring (bicyclic) bond motifs is 1. The number of hydrazone groups is 1. The Morgan fingerprint density at radius 3 is 2.60 bits per heavy atom. The SMILES string of the molecule is CCC(Oc1ccc2ccccc2c1Br)C(=O)NN=Cc1cccc(OC)c1OC. The first-order valence-corrected chi connectivity index (χ1v) is 10.3. The molecule has 0 fully saturated rings. The number of hydrogen-bond donors (Lipinski definition) is 1. The number of nitrogens with one attached hydrogen (secondary N) is 1. The van der Waals surface area contributed by atoms with Crippen LogP contribution in [0.3, 0.4) is 0 Å². The number of rotatable bonds is 8. The lowest BCUT2D eigenvalue weighted by Crippen LogP contribution is -2.35. The third-order valence-corrected chi connectivity index (χ3v) is 5.39. The van der Waals surface area contributed by atoms with Crippen LogP contribution in [0.1, 0.15) is 18.9 Å². The summed E-state index contributed by atoms with van der Waals surface area (Å²) in [7, 11) is 3.12. The lowest BCUT2D eigenvalue weighted by molar-refractivity contribution is -0.128. The number of para-hydroxylation sites is 1. The second-order valence-corrected chi connectivity index (χ2v) is 7.22. The lowest BCUT2D eigenvalue weighted by Gasteiger charge is -2.17. The molecule has 0 aliphatic rings. The minimum absolute atomic E-state index is 0.337. The average molecular weight is 471 g/mol. The fourth-order valence-corrected chi connectivity index (χ4v) is 3.62. The maximum absolute atomic E-state index is 12.6. The van der Waals surface area contributed by atoms with Crippen molar-refractivity contribution >= 4 is 38.8 Å². The molecule has 3 aromatic carbocycles. The summed E-state index contributed by atoms with van der Waals surface area (Å²) < 4.78 is 17.4. The summed E-state index contributed by atoms with van der Waals surface area (Å²) in [5, 5.41) is 6.17. The van der Waals surface area contributed by atoms with Crippen molar-refractivity contribution in [3.63, 3.8) is 0 Å². The van der Waals surface area contributed by atoms with Gasteiger partial charge >= 0.3 is 0 Å². The van der Waals surface area contributed by atoms with Gasteiger partial charge in [-0.05, 0) is 51.3 Å². The molecule has 156 valence electrons. The van der Waals surface area contributed by atoms with Crippen molar-refractivity contribution in [3.8, 4) is 17.2 Å². The molecule has 0 heterocycles. The zero-order valence-corrected chi connectivity index (χ0v) is 18.6. The van der Waals surface area contributed by atoms with Gasteiger partial charge in [0.15, 0.2) is 17.6 Å². The van der Waals surface area contributed by atoms with Gasteiger partial charge in [-0.2, -0.15) is 5.10 Å². The standard InChI is InChI=1S/C23H23BrN2O4/c1-4-18(30-19-13-12-15-8-5-6-10-17(15)21(19)24)23(27)26-25-14-16-9-7-11-20(28-2)22(16)29-3/h5-14,18H,4H2,1-3H3,(H,26,27). The first-order valence-electron chi connectivity index (χ1n) is 9.46. The Morgan fingerprint density at radius 2 is 1.87 bits per heavy atom. The zero-order chi connectivity index (χ0) is 21.5. The Labute approximate surface area is 184 Å². The number of methoxy groups -OCH3 is 2. The van der Waals surface area contributed by atoms with Crippen LogP contribution >= 0.6 is 15.9 Å². The molecule has 1 amide bonds. The minimum Gasteiger partial charge on any atom is -0.493 e. The summed E-state index contributed by atoms with van der Waals surface area (Å²) in [5.74, 6) is 1.40. The highest BCUT2D eigenvalue weighted by molar-refractivity contribution is 9.10. The predicted molar refractivity (Wildman–Crippen MR) is 122 cm³/mol. The minimum atomic E-state index is -0.688. The highest BCUT2D eigenvalue weighted by Gasteiger charge is 2.20. The van der Waals surface area contributed by atoms with Crippen LogP contribution in [0.4, 0.5) is 0 Å². The predicted octanol–water partition coefficient (Wildman–Crippen LogP) is 4.93. The maximum atomic E-state index is 12.6. The van der Waals surface area contributed by atoms with Gasteiger partial charge in [-0.3, -0.25) is 4.79 Å². The lowest BCUT2D eigenvalue weighted by atomic mass is 10.1. The van der Waals surface area contributed by atoms with E-state index in [0.29, 0.717) is 29.2 Å². The summed E-state index contributed by atoms with van der Waals surface area (Å²) in [5.41, 5.74) is 3.23. The van der Waals surface area contributed by atoms with E-state index < -0.39 is 6.10 Å². The molecule has 30 heavy (non-hydrogen) atoms. The molecule has 0 aliphatic heterocycles. The molecule has 6 nitrogen and oxygen atoms in total. The Balaban J connectivity index is 1.72. The molecular weight excluding hydrogens is 448 g/mol. The summed E-state index contributed by atoms with van der Waals surface area (Å²) in [6.07, 6.45) is 1.31. The van der Waals surface area contributed by atoms with Crippen LogP contribution in [0.2, 0.25) is 0 Å². The van der Waals surface area contributed by atoms with Gasteiger partial charge in [0.2, 0.25) is 0 Å². The first-order chi connectivity index (χ1) is 14.6. The first kappa shape index (κ1) is 21.6. The molecule has 0 aliphatic carbocycles. The van der Waals surface area contributed by atoms with E-state index in [9.17, 15) is 4.79 Å². The maximum Gasteiger partial charge on any atom is 0.281 e. The van der Waals surface area contributed by atoms with Gasteiger partial charge in [0, 0.05) is 5.56 Å². The van der Waals surface area contributed by atoms with Crippen LogP contribution in [0.25, 0.3) is 10.8 Å². The molecule has 0 aromatic heterocycles. The molecule has 0 bridgehead atoms. The van der Waals surface area contributed by atoms with Crippen LogP contribution in [0.15, 0.2) is 64.2 Å². The number of benzene rings is 3. The van der Waals surface area contributed by atoms with E-state index in [2.05, 4.69) is 26.5 Å². The van der Waals surface area contributed by atoms with Crippen molar-refractivity contribution in [1.82, 2.24) is 5.43 Å². The molecule has 0 spiro atoms. The van der Waals surface area contributed by atoms with E-state index in [4.69, 9.17) is 14.2 Å². The zero-order valence-electron chi connectivity index (χ0n) is 17.0. The summed E-state index contributed by atoms with van der Waals surface area (Å²) >= 11 is 3.59. The smallest absolute Gasteiger partial charge is 0.281 e. The normalized spacial score (nSPS) is 12.0. The number of carbonyl (C=O) groups is 1. The van der Waals surface area contributed by atoms with Crippen molar-refractivity contribution in [1.29, 1.82) is 0 Å². The van der Waals surface area contributed by atoms with Crippen LogP contribution < -0.4 is 19.6 Å². The number of ether oxygens (including phenoxy) is 3. The second kappa shape index (κ2) is 10.1. The summed E-state index contributed by atoms with van der Waals surface area (Å²) in [6, 6.07) is 17.2. The van der Waals surface area contributed by atoms with Gasteiger partial charge in [-0.1, -0.05) is 43.3 Å². The Kier molecular flexibility index (Phi) is 7.30. The molecule has 3 rings (SSSR count). The fraction of sp³-hybridized carbons (Fsp3) is 0.217. The van der Waals surface area contributed by atoms with Gasteiger partial charge in [-0.15, -0.1) is 0 Å². The summed E-state index contributed by atoms with van der Waals surface area (Å²) in [4.78, 5) is 12.6. The Bertz CT molecular complexity index is 1070. The van der Waals surface area contributed by atoms with E-state index in [-0.39, 0.29) is 5.91 Å². The van der Waals surface area contributed by atoms with E-state index in [0.717, 1.165) is 15.2 Å². The second-order valence-electron chi connectivity index (χ2n) is 6.43. The Hall–Kier alpha value is -3.06. The van der Waals surface area contributed by atoms with E-state index in [1.165, 1.54) is 6.21 Å². The molecule has 7 heteroatoms. The molecule has 0 saturated carbocycles. The number of halogens is 1. The quantitative estimate of drug-likeness (QED) is 0.374. The van der Waals surface area contributed by atoms with Gasteiger partial charge in [0.25, 0.3) is 5.91 Å². The third-order valence-electron chi connectivity index (χ3n) is 4.57. The van der Waals surface area contributed by atoms with Crippen molar-refractivity contribution in [2.24, 2.45) is 5.10 Å². The van der Waals surface area contributed by atoms with Crippen LogP contribution in [-0.2, 0) is 4.79 Å². The van der Waals surface area contributed by atoms with Crippen molar-refractivity contribution in [2.75, 3.05) is 14.2 Å². The number of amides is 1. The van der Waals surface area contributed by atoms with E-state index >= 15 is 0 Å². The van der Waals surface area contributed by atoms with Crippen molar-refractivity contribution in [3.05, 3.63) is 64.6 Å². The van der Waals surface area contributed by atoms with E-state index in [1.807, 2.05) is 55.5 Å². The number of hydrogen-bond acceptors (Lipinski definition) is 5. The van der Waals surface area contributed by atoms with E-state index in [1.54, 1.807) is 20.3 Å². The Morgan fingerprint density at radius 1 is 1.07 bits per heavy atom. The molecule has 1 N–H and O–H groups in total. The third kappa shape index (κ3) is 4.74. The number of nitrogens with zero attached hydrogens (tertiary/aromatic N) is 1. The molecule has 0 radical (unpaired) electrons. The van der Waals surface area contributed by atoms with Gasteiger partial charge in [0.05, 0.1) is 24.9 Å². The van der Waals surface area contributed by atoms with Crippen LogP contribution in [0.5, 0.6) is 17.2 Å².